The summed E-state index contributed by atoms with van der Waals surface area (Å²) in [5.41, 5.74) is 4.35. The van der Waals surface area contributed by atoms with Crippen molar-refractivity contribution in [1.29, 1.82) is 0 Å². The molecule has 16 nitrogen and oxygen atoms in total. The summed E-state index contributed by atoms with van der Waals surface area (Å²) in [6.45, 7) is 2.28. The minimum Gasteiger partial charge on any atom is -0.477 e. The Morgan fingerprint density at radius 1 is 1.04 bits per heavy atom. The van der Waals surface area contributed by atoms with Gasteiger partial charge in [0.05, 0.1) is 18.6 Å². The number of nitrogens with one attached hydrogen (secondary N) is 1. The van der Waals surface area contributed by atoms with Gasteiger partial charge in [-0.15, -0.1) is 20.3 Å². The number of fused-ring (bicyclic) bond motifs is 1. The molecule has 2 N–H and O–H groups in total. The number of carboxylic acid groups (broad SMARTS) is 1. The maximum atomic E-state index is 13.2. The number of hydrogen-bond donors (Lipinski definition) is 2. The van der Waals surface area contributed by atoms with E-state index in [9.17, 15) is 24.8 Å². The second-order valence-electron chi connectivity index (χ2n) is 11.6. The highest BCUT2D eigenvalue weighted by Crippen LogP contribution is 2.45. The zero-order chi connectivity index (χ0) is 34.5. The number of benzene rings is 3. The van der Waals surface area contributed by atoms with Crippen molar-refractivity contribution in [3.05, 3.63) is 88.0 Å². The molecule has 1 unspecified atom stereocenters. The number of aromatic amines is 1. The lowest BCUT2D eigenvalue weighted by Crippen LogP contribution is -2.55. The van der Waals surface area contributed by atoms with Gasteiger partial charge in [-0.25, -0.2) is 9.28 Å². The molecule has 4 atom stereocenters. The van der Waals surface area contributed by atoms with Crippen LogP contribution >= 0.6 is 0 Å². The van der Waals surface area contributed by atoms with Gasteiger partial charge in [0.1, 0.15) is 37.1 Å². The molecule has 4 aromatic rings. The van der Waals surface area contributed by atoms with Gasteiger partial charge < -0.3 is 24.2 Å². The van der Waals surface area contributed by atoms with Gasteiger partial charge in [-0.2, -0.15) is 10.2 Å². The van der Waals surface area contributed by atoms with Crippen LogP contribution in [0, 0.1) is 16.0 Å². The predicted molar refractivity (Wildman–Crippen MR) is 174 cm³/mol. The van der Waals surface area contributed by atoms with E-state index >= 15 is 0 Å². The fourth-order valence-corrected chi connectivity index (χ4v) is 6.61. The number of amidine groups is 1. The topological polar surface area (TPSA) is 201 Å². The summed E-state index contributed by atoms with van der Waals surface area (Å²) in [6.07, 6.45) is -1.26. The summed E-state index contributed by atoms with van der Waals surface area (Å²) >= 11 is 0. The molecule has 1 saturated carbocycles. The lowest BCUT2D eigenvalue weighted by Gasteiger charge is -2.34. The van der Waals surface area contributed by atoms with E-state index in [1.165, 1.54) is 13.2 Å². The number of methoxy groups -OCH3 is 1. The SMILES string of the molecule is CCOC1=Nc2cccc(C(=O)O)c2[N+]1(CCOC(=O)[C@@H]1C[C@H](OC)[C@@H](O[N+](=O)[O-])C1)Cc1ccc(-c2ccccc2-c2nn[nH]n2)cc1. The number of H-pyrrole nitrogens is 1. The molecule has 49 heavy (non-hydrogen) atoms. The highest BCUT2D eigenvalue weighted by atomic mass is 17.0. The molecule has 2 heterocycles. The quantitative estimate of drug-likeness (QED) is 0.0883. The standard InChI is InChI=1S/C33H33N7O9/c1-3-47-33-34-26-10-6-9-25(31(41)42)29(26)40(33,15-16-48-32(43)22-17-27(46-2)28(18-22)49-39(44)45)19-20-11-13-21(14-12-20)23-7-4-5-8-24(23)30-35-37-38-36-30/h4-14,22,27-28H,3,15-19H2,1-2H3,(H-,35,36,37,38,41,42)/p+1/t22-,27+,28+,40?/m1/s1. The normalized spacial score (nSPS) is 21.1. The van der Waals surface area contributed by atoms with Gasteiger partial charge in [-0.3, -0.25) is 4.79 Å². The number of ether oxygens (including phenoxy) is 3. The maximum absolute atomic E-state index is 13.2. The molecule has 3 aromatic carbocycles. The molecule has 6 rings (SSSR count). The maximum Gasteiger partial charge on any atom is 0.405 e. The third kappa shape index (κ3) is 6.68. The zero-order valence-corrected chi connectivity index (χ0v) is 26.7. The molecule has 1 aromatic heterocycles. The second-order valence-corrected chi connectivity index (χ2v) is 11.6. The van der Waals surface area contributed by atoms with E-state index in [2.05, 4.69) is 20.6 Å². The van der Waals surface area contributed by atoms with E-state index < -0.39 is 35.2 Å². The Hall–Kier alpha value is -5.74. The van der Waals surface area contributed by atoms with Crippen molar-refractivity contribution in [2.75, 3.05) is 26.9 Å². The molecule has 254 valence electrons. The van der Waals surface area contributed by atoms with Crippen LogP contribution in [-0.2, 0) is 30.4 Å². The van der Waals surface area contributed by atoms with Crippen LogP contribution in [0.15, 0.2) is 71.7 Å². The number of hydrogen-bond acceptors (Lipinski definition) is 12. The van der Waals surface area contributed by atoms with E-state index in [4.69, 9.17) is 24.0 Å². The van der Waals surface area contributed by atoms with Crippen LogP contribution in [0.3, 0.4) is 0 Å². The summed E-state index contributed by atoms with van der Waals surface area (Å²) in [7, 11) is 1.40. The molecule has 1 aliphatic heterocycles. The van der Waals surface area contributed by atoms with Crippen LogP contribution in [0.2, 0.25) is 0 Å². The Labute approximate surface area is 280 Å². The molecule has 16 heteroatoms. The highest BCUT2D eigenvalue weighted by Gasteiger charge is 2.49. The Morgan fingerprint density at radius 3 is 2.47 bits per heavy atom. The minimum absolute atomic E-state index is 0.0476. The first-order chi connectivity index (χ1) is 23.7. The average molecular weight is 673 g/mol. The largest absolute Gasteiger partial charge is 0.477 e. The summed E-state index contributed by atoms with van der Waals surface area (Å²) in [4.78, 5) is 46.1. The molecular weight excluding hydrogens is 638 g/mol. The van der Waals surface area contributed by atoms with Crippen molar-refractivity contribution in [3.8, 4) is 22.5 Å². The molecule has 0 bridgehead atoms. The highest BCUT2D eigenvalue weighted by molar-refractivity contribution is 6.06. The lowest BCUT2D eigenvalue weighted by atomic mass is 9.98. The third-order valence-corrected chi connectivity index (χ3v) is 8.78. The molecular formula is C33H34N7O9+. The van der Waals surface area contributed by atoms with Gasteiger partial charge in [0.2, 0.25) is 5.82 Å². The number of nitrogens with zero attached hydrogens (tertiary/aromatic N) is 6. The summed E-state index contributed by atoms with van der Waals surface area (Å²) in [6, 6.07) is 20.6. The number of carbonyl (C=O) groups excluding carboxylic acids is 1. The van der Waals surface area contributed by atoms with Crippen molar-refractivity contribution in [3.63, 3.8) is 0 Å². The first-order valence-electron chi connectivity index (χ1n) is 15.6. The Balaban J connectivity index is 1.30. The van der Waals surface area contributed by atoms with Crippen LogP contribution in [0.5, 0.6) is 0 Å². The summed E-state index contributed by atoms with van der Waals surface area (Å²) < 4.78 is 17.0. The number of carboxylic acids is 1. The third-order valence-electron chi connectivity index (χ3n) is 8.78. The number of aromatic carboxylic acids is 1. The van der Waals surface area contributed by atoms with Crippen molar-refractivity contribution in [1.82, 2.24) is 25.1 Å². The monoisotopic (exact) mass is 672 g/mol. The number of para-hydroxylation sites is 1. The number of aromatic nitrogens is 4. The predicted octanol–water partition coefficient (Wildman–Crippen LogP) is 4.32. The lowest BCUT2D eigenvalue weighted by molar-refractivity contribution is -0.770. The second kappa shape index (κ2) is 14.2. The van der Waals surface area contributed by atoms with Gasteiger partial charge >= 0.3 is 18.0 Å². The Kier molecular flexibility index (Phi) is 9.59. The Bertz CT molecular complexity index is 1870. The fourth-order valence-electron chi connectivity index (χ4n) is 6.61. The van der Waals surface area contributed by atoms with Gasteiger partial charge in [-0.1, -0.05) is 54.6 Å². The van der Waals surface area contributed by atoms with Crippen molar-refractivity contribution < 1.29 is 38.8 Å². The van der Waals surface area contributed by atoms with Gasteiger partial charge in [0, 0.05) is 18.2 Å². The van der Waals surface area contributed by atoms with Crippen LogP contribution in [0.4, 0.5) is 11.4 Å². The molecule has 1 fully saturated rings. The number of aliphatic imine (C=N–C) groups is 1. The Morgan fingerprint density at radius 2 is 1.80 bits per heavy atom. The average Bonchev–Trinajstić information content (AvgIpc) is 3.84. The zero-order valence-electron chi connectivity index (χ0n) is 26.7. The number of rotatable bonds is 13. The van der Waals surface area contributed by atoms with Gasteiger partial charge in [0.25, 0.3) is 5.09 Å². The fraction of sp³-hybridized carbons (Fsp3) is 0.333. The van der Waals surface area contributed by atoms with Crippen molar-refractivity contribution in [2.45, 2.75) is 38.5 Å². The number of quaternary nitrogens is 1. The van der Waals surface area contributed by atoms with E-state index in [-0.39, 0.29) is 55.2 Å². The summed E-state index contributed by atoms with van der Waals surface area (Å²) in [5, 5.41) is 34.7. The summed E-state index contributed by atoms with van der Waals surface area (Å²) in [5.74, 6) is -1.90. The molecule has 2 aliphatic rings. The first-order valence-corrected chi connectivity index (χ1v) is 15.6. The number of esters is 1. The van der Waals surface area contributed by atoms with Crippen molar-refractivity contribution in [2.24, 2.45) is 10.9 Å². The van der Waals surface area contributed by atoms with Gasteiger partial charge in [-0.05, 0) is 48.2 Å². The van der Waals surface area contributed by atoms with E-state index in [1.807, 2.05) is 55.5 Å². The molecule has 0 radical (unpaired) electrons. The molecule has 0 amide bonds. The van der Waals surface area contributed by atoms with Crippen LogP contribution < -0.4 is 4.48 Å². The smallest absolute Gasteiger partial charge is 0.405 e. The number of carbonyl (C=O) groups is 2. The molecule has 0 spiro atoms. The number of tetrazole rings is 1. The molecule has 0 saturated heterocycles. The molecule has 1 aliphatic carbocycles. The van der Waals surface area contributed by atoms with E-state index in [0.717, 1.165) is 22.3 Å². The van der Waals surface area contributed by atoms with E-state index in [0.29, 0.717) is 17.2 Å². The van der Waals surface area contributed by atoms with E-state index in [1.54, 1.807) is 12.1 Å². The minimum atomic E-state index is -1.13. The van der Waals surface area contributed by atoms with Crippen LogP contribution in [0.25, 0.3) is 22.5 Å². The van der Waals surface area contributed by atoms with Crippen molar-refractivity contribution >= 4 is 29.3 Å². The first kappa shape index (κ1) is 33.2. The van der Waals surface area contributed by atoms with Crippen LogP contribution in [-0.4, -0.2) is 87.9 Å². The van der Waals surface area contributed by atoms with Gasteiger partial charge in [0.15, 0.2) is 5.69 Å². The van der Waals surface area contributed by atoms with Crippen LogP contribution in [0.1, 0.15) is 35.7 Å².